The summed E-state index contributed by atoms with van der Waals surface area (Å²) in [7, 11) is 0. The monoisotopic (exact) mass is 207 g/mol. The van der Waals surface area contributed by atoms with E-state index < -0.39 is 0 Å². The van der Waals surface area contributed by atoms with Gasteiger partial charge in [0.1, 0.15) is 5.65 Å². The number of aromatic nitrogens is 3. The van der Waals surface area contributed by atoms with Gasteiger partial charge in [-0.2, -0.15) is 0 Å². The van der Waals surface area contributed by atoms with Gasteiger partial charge in [0.05, 0.1) is 11.7 Å². The van der Waals surface area contributed by atoms with Crippen LogP contribution in [0.2, 0.25) is 0 Å². The van der Waals surface area contributed by atoms with Crippen LogP contribution in [0.25, 0.3) is 11.0 Å². The van der Waals surface area contributed by atoms with E-state index >= 15 is 0 Å². The second-order valence-electron chi connectivity index (χ2n) is 3.28. The van der Waals surface area contributed by atoms with Crippen LogP contribution in [-0.4, -0.2) is 14.5 Å². The van der Waals surface area contributed by atoms with E-state index in [4.69, 9.17) is 0 Å². The molecule has 0 spiro atoms. The molecule has 0 radical (unpaired) electrons. The molecule has 1 N–H and O–H groups in total. The van der Waals surface area contributed by atoms with E-state index in [0.29, 0.717) is 5.39 Å². The third-order valence-corrected chi connectivity index (χ3v) is 1.90. The fraction of sp³-hybridized carbons (Fsp3) is 0.455. The third-order valence-electron chi connectivity index (χ3n) is 1.90. The zero-order chi connectivity index (χ0) is 11.3. The maximum Gasteiger partial charge on any atom is 0.260 e. The summed E-state index contributed by atoms with van der Waals surface area (Å²) < 4.78 is 1.94. The molecule has 4 nitrogen and oxygen atoms in total. The lowest BCUT2D eigenvalue weighted by Crippen LogP contribution is -2.06. The van der Waals surface area contributed by atoms with Crippen LogP contribution in [0.15, 0.2) is 23.4 Å². The Hall–Kier alpha value is -1.58. The molecule has 4 heteroatoms. The molecule has 82 valence electrons. The Labute approximate surface area is 89.0 Å². The summed E-state index contributed by atoms with van der Waals surface area (Å²) in [6.45, 7) is 7.10. The third kappa shape index (κ3) is 2.46. The first-order valence-corrected chi connectivity index (χ1v) is 5.27. The second kappa shape index (κ2) is 5.34. The molecule has 2 rings (SSSR count). The van der Waals surface area contributed by atoms with Crippen LogP contribution >= 0.6 is 0 Å². The molecule has 2 heterocycles. The summed E-state index contributed by atoms with van der Waals surface area (Å²) in [6, 6.07) is 1.78. The zero-order valence-corrected chi connectivity index (χ0v) is 9.45. The summed E-state index contributed by atoms with van der Waals surface area (Å²) in [6.07, 6.45) is 4.55. The average molecular weight is 207 g/mol. The maximum absolute atomic E-state index is 11.2. The van der Waals surface area contributed by atoms with Crippen molar-refractivity contribution in [3.63, 3.8) is 0 Å². The first kappa shape index (κ1) is 11.5. The lowest BCUT2D eigenvalue weighted by molar-refractivity contribution is 0.786. The molecular weight excluding hydrogens is 190 g/mol. The van der Waals surface area contributed by atoms with Crippen LogP contribution < -0.4 is 5.56 Å². The van der Waals surface area contributed by atoms with Crippen molar-refractivity contribution in [2.45, 2.75) is 33.7 Å². The molecule has 0 fully saturated rings. The number of aromatic amines is 1. The van der Waals surface area contributed by atoms with Crippen LogP contribution in [0.1, 0.15) is 27.2 Å². The van der Waals surface area contributed by atoms with Crippen molar-refractivity contribution in [2.75, 3.05) is 0 Å². The van der Waals surface area contributed by atoms with Gasteiger partial charge >= 0.3 is 0 Å². The molecule has 0 amide bonds. The molecule has 0 aliphatic rings. The Kier molecular flexibility index (Phi) is 4.09. The van der Waals surface area contributed by atoms with Crippen LogP contribution in [0.5, 0.6) is 0 Å². The molecular formula is C11H17N3O. The highest BCUT2D eigenvalue weighted by Gasteiger charge is 2.02. The fourth-order valence-electron chi connectivity index (χ4n) is 1.27. The predicted octanol–water partition coefficient (Wildman–Crippen LogP) is 2.16. The Morgan fingerprint density at radius 2 is 2.07 bits per heavy atom. The predicted molar refractivity (Wildman–Crippen MR) is 62.0 cm³/mol. The topological polar surface area (TPSA) is 50.7 Å². The number of H-pyrrole nitrogens is 1. The van der Waals surface area contributed by atoms with Crippen molar-refractivity contribution < 1.29 is 0 Å². The number of hydrogen-bond acceptors (Lipinski definition) is 2. The van der Waals surface area contributed by atoms with Crippen LogP contribution in [0, 0.1) is 0 Å². The fourth-order valence-corrected chi connectivity index (χ4v) is 1.27. The number of rotatable bonds is 1. The minimum absolute atomic E-state index is 0.0767. The lowest BCUT2D eigenvalue weighted by atomic mass is 10.4. The smallest absolute Gasteiger partial charge is 0.260 e. The van der Waals surface area contributed by atoms with E-state index in [1.165, 1.54) is 12.7 Å². The molecule has 0 unspecified atom stereocenters. The van der Waals surface area contributed by atoms with Gasteiger partial charge in [0, 0.05) is 12.7 Å². The standard InChI is InChI=1S/C8H9N3O.C3H8/c1-2-11-4-3-6-7(11)9-5-10-8(6)12;1-3-2/h3-5H,2H2,1H3,(H,9,10,12);3H2,1-2H3. The van der Waals surface area contributed by atoms with E-state index in [2.05, 4.69) is 23.8 Å². The van der Waals surface area contributed by atoms with E-state index in [0.717, 1.165) is 12.2 Å². The number of hydrogen-bond donors (Lipinski definition) is 1. The van der Waals surface area contributed by atoms with Gasteiger partial charge in [-0.3, -0.25) is 4.79 Å². The van der Waals surface area contributed by atoms with Crippen LogP contribution in [0.4, 0.5) is 0 Å². The Morgan fingerprint density at radius 1 is 1.40 bits per heavy atom. The van der Waals surface area contributed by atoms with E-state index in [9.17, 15) is 4.79 Å². The molecule has 0 bridgehead atoms. The van der Waals surface area contributed by atoms with Gasteiger partial charge in [0.2, 0.25) is 0 Å². The van der Waals surface area contributed by atoms with E-state index in [1.54, 1.807) is 6.07 Å². The lowest BCUT2D eigenvalue weighted by Gasteiger charge is -1.96. The number of nitrogens with one attached hydrogen (secondary N) is 1. The first-order valence-electron chi connectivity index (χ1n) is 5.27. The van der Waals surface area contributed by atoms with E-state index in [1.807, 2.05) is 17.7 Å². The molecule has 2 aromatic rings. The van der Waals surface area contributed by atoms with E-state index in [-0.39, 0.29) is 5.56 Å². The Morgan fingerprint density at radius 3 is 2.67 bits per heavy atom. The highest BCUT2D eigenvalue weighted by molar-refractivity contribution is 5.74. The van der Waals surface area contributed by atoms with Gasteiger partial charge in [-0.15, -0.1) is 0 Å². The van der Waals surface area contributed by atoms with Crippen molar-refractivity contribution in [3.05, 3.63) is 28.9 Å². The number of aryl methyl sites for hydroxylation is 1. The maximum atomic E-state index is 11.2. The molecule has 0 saturated heterocycles. The van der Waals surface area contributed by atoms with Crippen molar-refractivity contribution in [2.24, 2.45) is 0 Å². The minimum atomic E-state index is -0.0767. The van der Waals surface area contributed by atoms with Crippen molar-refractivity contribution in [1.29, 1.82) is 0 Å². The molecule has 15 heavy (non-hydrogen) atoms. The highest BCUT2D eigenvalue weighted by atomic mass is 16.1. The van der Waals surface area contributed by atoms with Gasteiger partial charge in [-0.25, -0.2) is 4.98 Å². The quantitative estimate of drug-likeness (QED) is 0.779. The SMILES string of the molecule is CCC.CCn1ccc2c(=O)[nH]cnc21. The van der Waals surface area contributed by atoms with Crippen LogP contribution in [0.3, 0.4) is 0 Å². The van der Waals surface area contributed by atoms with Crippen molar-refractivity contribution in [1.82, 2.24) is 14.5 Å². The number of fused-ring (bicyclic) bond motifs is 1. The largest absolute Gasteiger partial charge is 0.333 e. The molecule has 0 saturated carbocycles. The molecule has 0 aliphatic carbocycles. The molecule has 0 atom stereocenters. The van der Waals surface area contributed by atoms with Gasteiger partial charge in [0.15, 0.2) is 0 Å². The summed E-state index contributed by atoms with van der Waals surface area (Å²) >= 11 is 0. The van der Waals surface area contributed by atoms with Gasteiger partial charge in [-0.05, 0) is 13.0 Å². The van der Waals surface area contributed by atoms with Gasteiger partial charge < -0.3 is 9.55 Å². The summed E-state index contributed by atoms with van der Waals surface area (Å²) in [4.78, 5) is 17.8. The van der Waals surface area contributed by atoms with Gasteiger partial charge in [0.25, 0.3) is 5.56 Å². The Balaban J connectivity index is 0.000000337. The Bertz CT molecular complexity index is 470. The normalized spacial score (nSPS) is 9.80. The number of nitrogens with zero attached hydrogens (tertiary/aromatic N) is 2. The van der Waals surface area contributed by atoms with Gasteiger partial charge in [-0.1, -0.05) is 20.3 Å². The highest BCUT2D eigenvalue weighted by Crippen LogP contribution is 2.06. The van der Waals surface area contributed by atoms with Crippen LogP contribution in [-0.2, 0) is 6.54 Å². The molecule has 0 aliphatic heterocycles. The summed E-state index contributed by atoms with van der Waals surface area (Å²) in [5.74, 6) is 0. The molecule has 2 aromatic heterocycles. The zero-order valence-electron chi connectivity index (χ0n) is 9.45. The summed E-state index contributed by atoms with van der Waals surface area (Å²) in [5, 5.41) is 0.652. The molecule has 0 aromatic carbocycles. The van der Waals surface area contributed by atoms with Crippen molar-refractivity contribution >= 4 is 11.0 Å². The average Bonchev–Trinajstić information content (AvgIpc) is 2.63. The second-order valence-corrected chi connectivity index (χ2v) is 3.28. The summed E-state index contributed by atoms with van der Waals surface area (Å²) in [5.41, 5.74) is 0.674. The first-order chi connectivity index (χ1) is 7.24. The minimum Gasteiger partial charge on any atom is -0.333 e. The van der Waals surface area contributed by atoms with Crippen molar-refractivity contribution in [3.8, 4) is 0 Å².